The topological polar surface area (TPSA) is 36.9 Å². The van der Waals surface area contributed by atoms with Gasteiger partial charge in [-0.2, -0.15) is 0 Å². The summed E-state index contributed by atoms with van der Waals surface area (Å²) in [6.45, 7) is 1.12. The molecule has 1 aromatic rings. The van der Waals surface area contributed by atoms with Crippen molar-refractivity contribution in [2.75, 3.05) is 13.7 Å². The molecule has 4 atom stereocenters. The van der Waals surface area contributed by atoms with Gasteiger partial charge in [0, 0.05) is 18.6 Å². The minimum Gasteiger partial charge on any atom is -0.376 e. The minimum absolute atomic E-state index is 0.0133. The molecule has 0 radical (unpaired) electrons. The second kappa shape index (κ2) is 5.77. The molecule has 3 rings (SSSR count). The zero-order valence-electron chi connectivity index (χ0n) is 10.8. The van der Waals surface area contributed by atoms with Crippen LogP contribution in [0.5, 0.6) is 0 Å². The SMILES string of the molecule is CO[C@@H]1C[C@H](OCc2ccc(Cl)cc2)[C@H]2CO[C@@H]1O2. The Morgan fingerprint density at radius 3 is 2.79 bits per heavy atom. The van der Waals surface area contributed by atoms with Crippen LogP contribution < -0.4 is 0 Å². The Bertz CT molecular complexity index is 422. The van der Waals surface area contributed by atoms with Gasteiger partial charge in [-0.05, 0) is 17.7 Å². The van der Waals surface area contributed by atoms with Crippen LogP contribution in [0.3, 0.4) is 0 Å². The first-order valence-corrected chi connectivity index (χ1v) is 6.80. The molecule has 2 aliphatic rings. The largest absolute Gasteiger partial charge is 0.376 e. The Morgan fingerprint density at radius 2 is 2.05 bits per heavy atom. The molecule has 0 aromatic heterocycles. The van der Waals surface area contributed by atoms with Gasteiger partial charge in [-0.1, -0.05) is 23.7 Å². The zero-order chi connectivity index (χ0) is 13.2. The van der Waals surface area contributed by atoms with Crippen LogP contribution in [-0.4, -0.2) is 38.3 Å². The Labute approximate surface area is 117 Å². The number of hydrogen-bond donors (Lipinski definition) is 0. The summed E-state index contributed by atoms with van der Waals surface area (Å²) < 4.78 is 22.6. The molecule has 0 N–H and O–H groups in total. The van der Waals surface area contributed by atoms with Crippen molar-refractivity contribution in [3.8, 4) is 0 Å². The van der Waals surface area contributed by atoms with Crippen LogP contribution >= 0.6 is 11.6 Å². The lowest BCUT2D eigenvalue weighted by Gasteiger charge is -2.32. The van der Waals surface area contributed by atoms with Crippen LogP contribution in [0.1, 0.15) is 12.0 Å². The monoisotopic (exact) mass is 284 g/mol. The maximum Gasteiger partial charge on any atom is 0.184 e. The highest BCUT2D eigenvalue weighted by molar-refractivity contribution is 6.30. The first kappa shape index (κ1) is 13.3. The Kier molecular flexibility index (Phi) is 4.05. The van der Waals surface area contributed by atoms with E-state index in [1.807, 2.05) is 24.3 Å². The van der Waals surface area contributed by atoms with E-state index in [0.717, 1.165) is 17.0 Å². The molecule has 1 aromatic carbocycles. The van der Waals surface area contributed by atoms with E-state index < -0.39 is 0 Å². The van der Waals surface area contributed by atoms with E-state index in [1.54, 1.807) is 7.11 Å². The molecule has 0 spiro atoms. The van der Waals surface area contributed by atoms with Crippen molar-refractivity contribution >= 4 is 11.6 Å². The predicted molar refractivity (Wildman–Crippen MR) is 70.1 cm³/mol. The van der Waals surface area contributed by atoms with Gasteiger partial charge in [0.05, 0.1) is 19.3 Å². The second-order valence-corrected chi connectivity index (χ2v) is 5.30. The molecule has 2 heterocycles. The van der Waals surface area contributed by atoms with Gasteiger partial charge in [-0.15, -0.1) is 0 Å². The lowest BCUT2D eigenvalue weighted by Crippen LogP contribution is -2.44. The summed E-state index contributed by atoms with van der Waals surface area (Å²) in [7, 11) is 1.67. The lowest BCUT2D eigenvalue weighted by atomic mass is 10.0. The maximum absolute atomic E-state index is 5.94. The smallest absolute Gasteiger partial charge is 0.184 e. The van der Waals surface area contributed by atoms with Crippen LogP contribution in [-0.2, 0) is 25.6 Å². The second-order valence-electron chi connectivity index (χ2n) is 4.86. The fraction of sp³-hybridized carbons (Fsp3) is 0.571. The highest BCUT2D eigenvalue weighted by atomic mass is 35.5. The van der Waals surface area contributed by atoms with Gasteiger partial charge in [0.2, 0.25) is 0 Å². The molecule has 5 heteroatoms. The van der Waals surface area contributed by atoms with Gasteiger partial charge in [0.1, 0.15) is 12.2 Å². The third kappa shape index (κ3) is 2.93. The summed E-state index contributed by atoms with van der Waals surface area (Å²) in [5.41, 5.74) is 1.10. The third-order valence-corrected chi connectivity index (χ3v) is 3.85. The van der Waals surface area contributed by atoms with Gasteiger partial charge < -0.3 is 18.9 Å². The number of hydrogen-bond acceptors (Lipinski definition) is 4. The van der Waals surface area contributed by atoms with E-state index >= 15 is 0 Å². The fourth-order valence-electron chi connectivity index (χ4n) is 2.49. The third-order valence-electron chi connectivity index (χ3n) is 3.60. The molecule has 0 aliphatic carbocycles. The molecule has 2 fully saturated rings. The maximum atomic E-state index is 5.94. The molecule has 104 valence electrons. The number of methoxy groups -OCH3 is 1. The van der Waals surface area contributed by atoms with Crippen LogP contribution in [0.25, 0.3) is 0 Å². The number of benzene rings is 1. The fourth-order valence-corrected chi connectivity index (χ4v) is 2.61. The summed E-state index contributed by atoms with van der Waals surface area (Å²) in [6, 6.07) is 7.66. The van der Waals surface area contributed by atoms with Crippen molar-refractivity contribution < 1.29 is 18.9 Å². The average Bonchev–Trinajstić information content (AvgIpc) is 2.85. The van der Waals surface area contributed by atoms with Gasteiger partial charge in [-0.3, -0.25) is 0 Å². The summed E-state index contributed by atoms with van der Waals surface area (Å²) in [5, 5.41) is 0.733. The van der Waals surface area contributed by atoms with Crippen LogP contribution in [0.15, 0.2) is 24.3 Å². The standard InChI is InChI=1S/C14H17ClO4/c1-16-12-6-11(13-8-18-14(12)19-13)17-7-9-2-4-10(15)5-3-9/h2-5,11-14H,6-8H2,1H3/t11-,12+,13+,14+/m0/s1. The number of ether oxygens (including phenoxy) is 4. The minimum atomic E-state index is -0.231. The van der Waals surface area contributed by atoms with E-state index in [1.165, 1.54) is 0 Å². The Balaban J connectivity index is 1.58. The summed E-state index contributed by atoms with van der Waals surface area (Å²) in [6.07, 6.45) is 0.557. The van der Waals surface area contributed by atoms with E-state index in [2.05, 4.69) is 0 Å². The van der Waals surface area contributed by atoms with Gasteiger partial charge in [-0.25, -0.2) is 0 Å². The molecular formula is C14H17ClO4. The van der Waals surface area contributed by atoms with Crippen molar-refractivity contribution in [2.24, 2.45) is 0 Å². The van der Waals surface area contributed by atoms with Gasteiger partial charge in [0.15, 0.2) is 6.29 Å². The van der Waals surface area contributed by atoms with E-state index in [4.69, 9.17) is 30.5 Å². The lowest BCUT2D eigenvalue weighted by molar-refractivity contribution is -0.200. The van der Waals surface area contributed by atoms with Gasteiger partial charge >= 0.3 is 0 Å². The molecule has 4 nitrogen and oxygen atoms in total. The van der Waals surface area contributed by atoms with E-state index in [-0.39, 0.29) is 24.6 Å². The molecule has 0 saturated carbocycles. The highest BCUT2D eigenvalue weighted by Gasteiger charge is 2.44. The summed E-state index contributed by atoms with van der Waals surface area (Å²) in [5.74, 6) is 0. The van der Waals surface area contributed by atoms with Crippen molar-refractivity contribution in [1.82, 2.24) is 0 Å². The van der Waals surface area contributed by atoms with Crippen LogP contribution in [0.4, 0.5) is 0 Å². The van der Waals surface area contributed by atoms with Crippen molar-refractivity contribution in [1.29, 1.82) is 0 Å². The number of halogens is 1. The van der Waals surface area contributed by atoms with Crippen molar-refractivity contribution in [3.05, 3.63) is 34.9 Å². The quantitative estimate of drug-likeness (QED) is 0.851. The Hall–Kier alpha value is -0.650. The van der Waals surface area contributed by atoms with Crippen molar-refractivity contribution in [3.63, 3.8) is 0 Å². The average molecular weight is 285 g/mol. The predicted octanol–water partition coefficient (Wildman–Crippen LogP) is 2.39. The van der Waals surface area contributed by atoms with Gasteiger partial charge in [0.25, 0.3) is 0 Å². The molecule has 2 bridgehead atoms. The number of rotatable bonds is 4. The number of fused-ring (bicyclic) bond motifs is 2. The zero-order valence-corrected chi connectivity index (χ0v) is 11.5. The molecule has 0 amide bonds. The molecule has 2 saturated heterocycles. The van der Waals surface area contributed by atoms with Crippen molar-refractivity contribution in [2.45, 2.75) is 37.6 Å². The Morgan fingerprint density at radius 1 is 1.26 bits per heavy atom. The first-order valence-electron chi connectivity index (χ1n) is 6.42. The van der Waals surface area contributed by atoms with E-state index in [9.17, 15) is 0 Å². The summed E-state index contributed by atoms with van der Waals surface area (Å²) >= 11 is 5.86. The van der Waals surface area contributed by atoms with E-state index in [0.29, 0.717) is 13.2 Å². The van der Waals surface area contributed by atoms with Crippen LogP contribution in [0.2, 0.25) is 5.02 Å². The van der Waals surface area contributed by atoms with Crippen LogP contribution in [0, 0.1) is 0 Å². The molecule has 0 unspecified atom stereocenters. The highest BCUT2D eigenvalue weighted by Crippen LogP contribution is 2.31. The molecule has 19 heavy (non-hydrogen) atoms. The summed E-state index contributed by atoms with van der Waals surface area (Å²) in [4.78, 5) is 0. The molecular weight excluding hydrogens is 268 g/mol. The first-order chi connectivity index (χ1) is 9.26. The molecule has 2 aliphatic heterocycles. The normalized spacial score (nSPS) is 33.6.